The Labute approximate surface area is 183 Å². The quantitative estimate of drug-likeness (QED) is 0.496. The van der Waals surface area contributed by atoms with Crippen molar-refractivity contribution >= 4 is 22.7 Å². The number of anilines is 3. The van der Waals surface area contributed by atoms with E-state index in [2.05, 4.69) is 27.1 Å². The van der Waals surface area contributed by atoms with Crippen molar-refractivity contribution in [3.63, 3.8) is 0 Å². The number of piperidine rings is 1. The number of nitriles is 1. The summed E-state index contributed by atoms with van der Waals surface area (Å²) in [7, 11) is 0. The summed E-state index contributed by atoms with van der Waals surface area (Å²) >= 11 is 0. The second kappa shape index (κ2) is 9.71. The normalized spacial score (nSPS) is 16.1. The third-order valence-corrected chi connectivity index (χ3v) is 5.84. The van der Waals surface area contributed by atoms with Crippen molar-refractivity contribution in [1.82, 2.24) is 14.9 Å². The Kier molecular flexibility index (Phi) is 6.58. The Bertz CT molecular complexity index is 1060. The molecule has 7 nitrogen and oxygen atoms in total. The molecule has 1 saturated heterocycles. The first kappa shape index (κ1) is 21.0. The molecule has 3 N–H and O–H groups in total. The fraction of sp³-hybridized carbons (Fsp3) is 0.417. The number of hydrogen-bond acceptors (Lipinski definition) is 6. The SMILES string of the molecule is CCOc1ccc(Nc2c(C)c(NCCC3CCCCN3)c(C#N)c3ccnn23)cc1. The van der Waals surface area contributed by atoms with Crippen LogP contribution in [0.2, 0.25) is 0 Å². The van der Waals surface area contributed by atoms with Crippen molar-refractivity contribution in [3.05, 3.63) is 47.7 Å². The second-order valence-electron chi connectivity index (χ2n) is 7.91. The molecule has 1 unspecified atom stereocenters. The fourth-order valence-corrected chi connectivity index (χ4v) is 4.22. The van der Waals surface area contributed by atoms with E-state index in [1.54, 1.807) is 10.7 Å². The first-order valence-electron chi connectivity index (χ1n) is 11.1. The van der Waals surface area contributed by atoms with E-state index < -0.39 is 0 Å². The summed E-state index contributed by atoms with van der Waals surface area (Å²) in [5.41, 5.74) is 4.20. The van der Waals surface area contributed by atoms with Crippen molar-refractivity contribution in [2.75, 3.05) is 30.3 Å². The average molecular weight is 419 g/mol. The topological polar surface area (TPSA) is 86.4 Å². The van der Waals surface area contributed by atoms with Gasteiger partial charge in [-0.2, -0.15) is 10.4 Å². The van der Waals surface area contributed by atoms with E-state index >= 15 is 0 Å². The second-order valence-corrected chi connectivity index (χ2v) is 7.91. The number of rotatable bonds is 8. The summed E-state index contributed by atoms with van der Waals surface area (Å²) in [5, 5.41) is 25.0. The van der Waals surface area contributed by atoms with Gasteiger partial charge in [0.2, 0.25) is 0 Å². The molecule has 1 fully saturated rings. The van der Waals surface area contributed by atoms with Gasteiger partial charge in [0.15, 0.2) is 0 Å². The third kappa shape index (κ3) is 4.59. The molecule has 31 heavy (non-hydrogen) atoms. The van der Waals surface area contributed by atoms with Gasteiger partial charge in [0, 0.05) is 23.8 Å². The zero-order valence-electron chi connectivity index (χ0n) is 18.2. The van der Waals surface area contributed by atoms with E-state index in [9.17, 15) is 5.26 Å². The van der Waals surface area contributed by atoms with E-state index in [0.29, 0.717) is 18.2 Å². The summed E-state index contributed by atoms with van der Waals surface area (Å²) in [5.74, 6) is 1.69. The van der Waals surface area contributed by atoms with Crippen LogP contribution in [0.5, 0.6) is 5.75 Å². The van der Waals surface area contributed by atoms with Crippen LogP contribution in [-0.2, 0) is 0 Å². The smallest absolute Gasteiger partial charge is 0.137 e. The van der Waals surface area contributed by atoms with Crippen LogP contribution in [0.3, 0.4) is 0 Å². The molecule has 0 bridgehead atoms. The van der Waals surface area contributed by atoms with E-state index in [0.717, 1.165) is 53.5 Å². The number of ether oxygens (including phenoxy) is 1. The first-order chi connectivity index (χ1) is 15.2. The molecule has 4 rings (SSSR count). The van der Waals surface area contributed by atoms with Gasteiger partial charge in [-0.3, -0.25) is 0 Å². The van der Waals surface area contributed by atoms with Crippen LogP contribution in [-0.4, -0.2) is 35.4 Å². The highest BCUT2D eigenvalue weighted by molar-refractivity contribution is 5.82. The van der Waals surface area contributed by atoms with Crippen molar-refractivity contribution < 1.29 is 4.74 Å². The number of nitrogens with one attached hydrogen (secondary N) is 3. The van der Waals surface area contributed by atoms with Crippen molar-refractivity contribution in [2.24, 2.45) is 0 Å². The zero-order valence-corrected chi connectivity index (χ0v) is 18.2. The Hall–Kier alpha value is -3.24. The molecule has 7 heteroatoms. The number of hydrogen-bond donors (Lipinski definition) is 3. The highest BCUT2D eigenvalue weighted by atomic mass is 16.5. The first-order valence-corrected chi connectivity index (χ1v) is 11.1. The van der Waals surface area contributed by atoms with Gasteiger partial charge < -0.3 is 20.7 Å². The molecule has 1 aliphatic rings. The lowest BCUT2D eigenvalue weighted by molar-refractivity contribution is 0.340. The van der Waals surface area contributed by atoms with E-state index in [-0.39, 0.29) is 0 Å². The van der Waals surface area contributed by atoms with E-state index in [1.165, 1.54) is 19.3 Å². The number of pyridine rings is 1. The van der Waals surface area contributed by atoms with Gasteiger partial charge in [0.25, 0.3) is 0 Å². The maximum absolute atomic E-state index is 9.89. The van der Waals surface area contributed by atoms with Gasteiger partial charge >= 0.3 is 0 Å². The van der Waals surface area contributed by atoms with Crippen molar-refractivity contribution in [2.45, 2.75) is 45.6 Å². The summed E-state index contributed by atoms with van der Waals surface area (Å²) in [6.45, 7) is 6.56. The molecule has 1 aromatic carbocycles. The number of fused-ring (bicyclic) bond motifs is 1. The van der Waals surface area contributed by atoms with Crippen molar-refractivity contribution in [3.8, 4) is 11.8 Å². The number of benzene rings is 1. The Morgan fingerprint density at radius 1 is 1.26 bits per heavy atom. The standard InChI is InChI=1S/C24H30N6O/c1-3-31-20-9-7-19(8-10-20)29-24-17(2)23(21(16-25)22-12-15-28-30(22)24)27-14-11-18-6-4-5-13-26-18/h7-10,12,15,18,26-27,29H,3-6,11,13-14H2,1-2H3. The average Bonchev–Trinajstić information content (AvgIpc) is 3.28. The number of aromatic nitrogens is 2. The molecule has 0 amide bonds. The van der Waals surface area contributed by atoms with Gasteiger partial charge in [-0.25, -0.2) is 4.52 Å². The minimum absolute atomic E-state index is 0.548. The summed E-state index contributed by atoms with van der Waals surface area (Å²) in [4.78, 5) is 0. The largest absolute Gasteiger partial charge is 0.494 e. The maximum Gasteiger partial charge on any atom is 0.137 e. The number of nitrogens with zero attached hydrogens (tertiary/aromatic N) is 3. The van der Waals surface area contributed by atoms with Crippen LogP contribution < -0.4 is 20.7 Å². The summed E-state index contributed by atoms with van der Waals surface area (Å²) in [6.07, 6.45) is 6.54. The van der Waals surface area contributed by atoms with Gasteiger partial charge in [-0.05, 0) is 70.0 Å². The molecule has 0 radical (unpaired) electrons. The Balaban J connectivity index is 1.61. The molecule has 0 saturated carbocycles. The lowest BCUT2D eigenvalue weighted by atomic mass is 10.0. The highest BCUT2D eigenvalue weighted by Gasteiger charge is 2.19. The van der Waals surface area contributed by atoms with E-state index in [1.807, 2.05) is 44.2 Å². The van der Waals surface area contributed by atoms with Crippen LogP contribution in [0, 0.1) is 18.3 Å². The van der Waals surface area contributed by atoms with Gasteiger partial charge in [-0.1, -0.05) is 6.42 Å². The molecular weight excluding hydrogens is 388 g/mol. The third-order valence-electron chi connectivity index (χ3n) is 5.84. The molecule has 1 aliphatic heterocycles. The lowest BCUT2D eigenvalue weighted by Gasteiger charge is -2.24. The molecule has 0 spiro atoms. The molecular formula is C24H30N6O. The zero-order chi connectivity index (χ0) is 21.6. The minimum Gasteiger partial charge on any atom is -0.494 e. The predicted octanol–water partition coefficient (Wildman–Crippen LogP) is 4.60. The fourth-order valence-electron chi connectivity index (χ4n) is 4.22. The van der Waals surface area contributed by atoms with Crippen LogP contribution in [0.4, 0.5) is 17.2 Å². The predicted molar refractivity (Wildman–Crippen MR) is 124 cm³/mol. The monoisotopic (exact) mass is 418 g/mol. The maximum atomic E-state index is 9.89. The molecule has 2 aromatic heterocycles. The van der Waals surface area contributed by atoms with Gasteiger partial charge in [0.05, 0.1) is 24.0 Å². The van der Waals surface area contributed by atoms with Crippen LogP contribution in [0.15, 0.2) is 36.5 Å². The molecule has 1 atom stereocenters. The van der Waals surface area contributed by atoms with Gasteiger partial charge in [0.1, 0.15) is 23.2 Å². The minimum atomic E-state index is 0.548. The summed E-state index contributed by atoms with van der Waals surface area (Å²) in [6, 6.07) is 12.7. The highest BCUT2D eigenvalue weighted by Crippen LogP contribution is 2.33. The van der Waals surface area contributed by atoms with Crippen LogP contribution >= 0.6 is 0 Å². The molecule has 162 valence electrons. The van der Waals surface area contributed by atoms with Crippen LogP contribution in [0.1, 0.15) is 43.7 Å². The molecule has 3 heterocycles. The van der Waals surface area contributed by atoms with Crippen LogP contribution in [0.25, 0.3) is 5.52 Å². The summed E-state index contributed by atoms with van der Waals surface area (Å²) < 4.78 is 7.34. The lowest BCUT2D eigenvalue weighted by Crippen LogP contribution is -2.35. The Morgan fingerprint density at radius 2 is 2.10 bits per heavy atom. The Morgan fingerprint density at radius 3 is 2.81 bits per heavy atom. The van der Waals surface area contributed by atoms with Crippen molar-refractivity contribution in [1.29, 1.82) is 5.26 Å². The van der Waals surface area contributed by atoms with E-state index in [4.69, 9.17) is 4.74 Å². The molecule has 0 aliphatic carbocycles. The van der Waals surface area contributed by atoms with Gasteiger partial charge in [-0.15, -0.1) is 0 Å². The molecule has 3 aromatic rings.